The predicted octanol–water partition coefficient (Wildman–Crippen LogP) is 3.38. The number of hydrogen-bond acceptors (Lipinski definition) is 6. The van der Waals surface area contributed by atoms with Crippen LogP contribution < -0.4 is 5.32 Å². The molecule has 1 saturated heterocycles. The minimum Gasteiger partial charge on any atom is -0.480 e. The van der Waals surface area contributed by atoms with Gasteiger partial charge in [0.05, 0.1) is 12.6 Å². The first-order chi connectivity index (χ1) is 16.4. The Morgan fingerprint density at radius 3 is 2.38 bits per heavy atom. The van der Waals surface area contributed by atoms with Gasteiger partial charge in [0.15, 0.2) is 0 Å². The number of rotatable bonds is 11. The van der Waals surface area contributed by atoms with Crippen LogP contribution in [0.2, 0.25) is 0 Å². The van der Waals surface area contributed by atoms with Crippen molar-refractivity contribution in [1.82, 2.24) is 10.2 Å². The molecule has 0 aromatic heterocycles. The Bertz CT molecular complexity index is 956. The predicted molar refractivity (Wildman–Crippen MR) is 132 cm³/mol. The third-order valence-electron chi connectivity index (χ3n) is 5.83. The molecule has 1 heterocycles. The number of benzene rings is 2. The molecule has 8 heteroatoms. The first-order valence-corrected chi connectivity index (χ1v) is 12.5. The van der Waals surface area contributed by atoms with Crippen LogP contribution in [0.4, 0.5) is 0 Å². The summed E-state index contributed by atoms with van der Waals surface area (Å²) in [5.74, 6) is -1.74. The van der Waals surface area contributed by atoms with E-state index in [0.29, 0.717) is 25.8 Å². The van der Waals surface area contributed by atoms with E-state index in [1.165, 1.54) is 4.90 Å². The summed E-state index contributed by atoms with van der Waals surface area (Å²) in [4.78, 5) is 40.2. The van der Waals surface area contributed by atoms with Crippen molar-refractivity contribution in [1.29, 1.82) is 0 Å². The molecule has 0 aliphatic carbocycles. The number of carboxylic acids is 1. The van der Waals surface area contributed by atoms with Crippen molar-refractivity contribution < 1.29 is 24.2 Å². The van der Waals surface area contributed by atoms with Crippen LogP contribution in [0.25, 0.3) is 0 Å². The lowest BCUT2D eigenvalue weighted by molar-refractivity contribution is -0.150. The lowest BCUT2D eigenvalue weighted by Gasteiger charge is -2.28. The number of carbonyl (C=O) groups is 3. The zero-order valence-electron chi connectivity index (χ0n) is 19.6. The smallest absolute Gasteiger partial charge is 0.326 e. The van der Waals surface area contributed by atoms with E-state index < -0.39 is 30.1 Å². The number of likely N-dealkylation sites (tertiary alicyclic amines) is 1. The van der Waals surface area contributed by atoms with E-state index in [9.17, 15) is 19.5 Å². The molecule has 2 aromatic carbocycles. The highest BCUT2D eigenvalue weighted by molar-refractivity contribution is 8.00. The van der Waals surface area contributed by atoms with Crippen molar-refractivity contribution >= 4 is 29.6 Å². The average Bonchev–Trinajstić information content (AvgIpc) is 3.26. The summed E-state index contributed by atoms with van der Waals surface area (Å²) in [6.45, 7) is 4.01. The van der Waals surface area contributed by atoms with Gasteiger partial charge >= 0.3 is 11.9 Å². The van der Waals surface area contributed by atoms with Crippen molar-refractivity contribution in [3.63, 3.8) is 0 Å². The van der Waals surface area contributed by atoms with Crippen LogP contribution >= 0.6 is 11.8 Å². The zero-order valence-corrected chi connectivity index (χ0v) is 20.4. The van der Waals surface area contributed by atoms with Gasteiger partial charge in [-0.2, -0.15) is 0 Å². The molecule has 0 spiro atoms. The minimum absolute atomic E-state index is 0.0152. The quantitative estimate of drug-likeness (QED) is 0.472. The summed E-state index contributed by atoms with van der Waals surface area (Å²) in [5.41, 5.74) is 1.09. The van der Waals surface area contributed by atoms with Gasteiger partial charge in [-0.05, 0) is 50.8 Å². The molecule has 3 unspecified atom stereocenters. The molecule has 182 valence electrons. The number of esters is 1. The molecule has 0 saturated carbocycles. The highest BCUT2D eigenvalue weighted by Crippen LogP contribution is 2.33. The Hall–Kier alpha value is -2.84. The van der Waals surface area contributed by atoms with Crippen LogP contribution in [-0.4, -0.2) is 64.4 Å². The highest BCUT2D eigenvalue weighted by atomic mass is 32.2. The number of nitrogens with one attached hydrogen (secondary N) is 1. The maximum Gasteiger partial charge on any atom is 0.326 e. The molecule has 1 aliphatic heterocycles. The number of nitrogens with zero attached hydrogens (tertiary/aromatic N) is 1. The SMILES string of the molecule is CCOC(=O)C(CCc1ccccc1)NC(C)C(=O)N1C[C@@H](Sc2ccccc2)CC1C(=O)O. The van der Waals surface area contributed by atoms with Gasteiger partial charge in [0.2, 0.25) is 5.91 Å². The second kappa shape index (κ2) is 12.6. The van der Waals surface area contributed by atoms with Crippen LogP contribution in [0.3, 0.4) is 0 Å². The summed E-state index contributed by atoms with van der Waals surface area (Å²) < 4.78 is 5.22. The molecule has 1 amide bonds. The van der Waals surface area contributed by atoms with Gasteiger partial charge in [-0.15, -0.1) is 11.8 Å². The number of thioether (sulfide) groups is 1. The van der Waals surface area contributed by atoms with Crippen LogP contribution in [0, 0.1) is 0 Å². The molecule has 1 aliphatic rings. The Labute approximate surface area is 204 Å². The molecular formula is C26H32N2O5S. The molecule has 1 fully saturated rings. The van der Waals surface area contributed by atoms with Crippen molar-refractivity contribution in [3.05, 3.63) is 66.2 Å². The van der Waals surface area contributed by atoms with Gasteiger partial charge in [-0.25, -0.2) is 4.79 Å². The molecule has 0 bridgehead atoms. The lowest BCUT2D eigenvalue weighted by Crippen LogP contribution is -2.53. The number of ether oxygens (including phenoxy) is 1. The van der Waals surface area contributed by atoms with E-state index in [4.69, 9.17) is 4.74 Å². The first kappa shape index (κ1) is 25.8. The molecule has 4 atom stereocenters. The Balaban J connectivity index is 1.66. The molecular weight excluding hydrogens is 452 g/mol. The average molecular weight is 485 g/mol. The second-order valence-electron chi connectivity index (χ2n) is 8.35. The highest BCUT2D eigenvalue weighted by Gasteiger charge is 2.41. The fourth-order valence-corrected chi connectivity index (χ4v) is 5.35. The van der Waals surface area contributed by atoms with Gasteiger partial charge in [0, 0.05) is 16.7 Å². The zero-order chi connectivity index (χ0) is 24.5. The van der Waals surface area contributed by atoms with Crippen LogP contribution in [-0.2, 0) is 25.5 Å². The van der Waals surface area contributed by atoms with Gasteiger partial charge in [0.1, 0.15) is 12.1 Å². The molecule has 0 radical (unpaired) electrons. The maximum atomic E-state index is 13.3. The van der Waals surface area contributed by atoms with Crippen molar-refractivity contribution in [2.45, 2.75) is 61.4 Å². The van der Waals surface area contributed by atoms with Crippen LogP contribution in [0.1, 0.15) is 32.3 Å². The fraction of sp³-hybridized carbons (Fsp3) is 0.423. The number of carbonyl (C=O) groups excluding carboxylic acids is 2. The topological polar surface area (TPSA) is 95.9 Å². The molecule has 2 N–H and O–H groups in total. The monoisotopic (exact) mass is 484 g/mol. The van der Waals surface area contributed by atoms with E-state index in [1.807, 2.05) is 60.7 Å². The molecule has 2 aromatic rings. The minimum atomic E-state index is -1.01. The Morgan fingerprint density at radius 1 is 1.12 bits per heavy atom. The van der Waals surface area contributed by atoms with Crippen LogP contribution in [0.5, 0.6) is 0 Å². The van der Waals surface area contributed by atoms with Gasteiger partial charge in [-0.1, -0.05) is 48.5 Å². The standard InChI is InChI=1S/C26H32N2O5S/c1-3-33-26(32)22(15-14-19-10-6-4-7-11-19)27-18(2)24(29)28-17-21(16-23(28)25(30)31)34-20-12-8-5-9-13-20/h4-13,18,21-23,27H,3,14-17H2,1-2H3,(H,30,31)/t18?,21-,22?,23?/m0/s1. The third kappa shape index (κ3) is 7.08. The normalized spacial score (nSPS) is 19.4. The summed E-state index contributed by atoms with van der Waals surface area (Å²) in [5, 5.41) is 12.8. The summed E-state index contributed by atoms with van der Waals surface area (Å²) in [6, 6.07) is 17.3. The van der Waals surface area contributed by atoms with E-state index in [0.717, 1.165) is 10.5 Å². The Morgan fingerprint density at radius 2 is 1.76 bits per heavy atom. The van der Waals surface area contributed by atoms with Gasteiger partial charge in [0.25, 0.3) is 0 Å². The number of carboxylic acid groups (broad SMARTS) is 1. The lowest BCUT2D eigenvalue weighted by atomic mass is 10.0. The maximum absolute atomic E-state index is 13.3. The Kier molecular flexibility index (Phi) is 9.53. The number of amides is 1. The molecule has 3 rings (SSSR count). The summed E-state index contributed by atoms with van der Waals surface area (Å²) >= 11 is 1.58. The largest absolute Gasteiger partial charge is 0.480 e. The third-order valence-corrected chi connectivity index (χ3v) is 7.05. The van der Waals surface area contributed by atoms with Gasteiger partial charge in [-0.3, -0.25) is 14.9 Å². The molecule has 7 nitrogen and oxygen atoms in total. The van der Waals surface area contributed by atoms with E-state index in [-0.39, 0.29) is 17.8 Å². The number of aliphatic carboxylic acids is 1. The summed E-state index contributed by atoms with van der Waals surface area (Å²) in [6.07, 6.45) is 1.49. The fourth-order valence-electron chi connectivity index (χ4n) is 4.14. The number of hydrogen-bond donors (Lipinski definition) is 2. The van der Waals surface area contributed by atoms with Crippen molar-refractivity contribution in [2.24, 2.45) is 0 Å². The molecule has 34 heavy (non-hydrogen) atoms. The number of aryl methyl sites for hydroxylation is 1. The summed E-state index contributed by atoms with van der Waals surface area (Å²) in [7, 11) is 0. The van der Waals surface area contributed by atoms with Crippen molar-refractivity contribution in [2.75, 3.05) is 13.2 Å². The van der Waals surface area contributed by atoms with E-state index in [2.05, 4.69) is 5.32 Å². The first-order valence-electron chi connectivity index (χ1n) is 11.6. The van der Waals surface area contributed by atoms with Crippen LogP contribution in [0.15, 0.2) is 65.6 Å². The second-order valence-corrected chi connectivity index (χ2v) is 9.72. The van der Waals surface area contributed by atoms with E-state index in [1.54, 1.807) is 25.6 Å². The van der Waals surface area contributed by atoms with E-state index >= 15 is 0 Å². The van der Waals surface area contributed by atoms with Gasteiger partial charge < -0.3 is 14.7 Å². The van der Waals surface area contributed by atoms with Crippen molar-refractivity contribution in [3.8, 4) is 0 Å².